The Morgan fingerprint density at radius 3 is 3.09 bits per heavy atom. The number of aliphatic carboxylic acids is 1. The van der Waals surface area contributed by atoms with Crippen LogP contribution in [-0.4, -0.2) is 16.8 Å². The van der Waals surface area contributed by atoms with E-state index in [1.165, 1.54) is 0 Å². The molecule has 0 aromatic heterocycles. The van der Waals surface area contributed by atoms with Crippen LogP contribution in [0, 0.1) is 5.92 Å². The van der Waals surface area contributed by atoms with Gasteiger partial charge in [0.05, 0.1) is 0 Å². The molecule has 0 aromatic carbocycles. The van der Waals surface area contributed by atoms with E-state index in [1.54, 1.807) is 0 Å². The zero-order chi connectivity index (χ0) is 8.27. The Morgan fingerprint density at radius 2 is 2.55 bits per heavy atom. The molecule has 1 unspecified atom stereocenters. The molecule has 3 heteroatoms. The number of hydrogen-bond donors (Lipinski definition) is 2. The molecule has 0 aliphatic heterocycles. The molecule has 11 heavy (non-hydrogen) atoms. The standard InChI is InChI=1S/C8H12O2S/c9-8(10)7-3-1-2-6(4-7)5-11/h3,6,11H,1-2,4-5H2,(H,9,10). The van der Waals surface area contributed by atoms with E-state index in [0.29, 0.717) is 17.9 Å². The van der Waals surface area contributed by atoms with Crippen LogP contribution in [0.25, 0.3) is 0 Å². The Balaban J connectivity index is 2.55. The van der Waals surface area contributed by atoms with Crippen molar-refractivity contribution in [1.82, 2.24) is 0 Å². The van der Waals surface area contributed by atoms with Gasteiger partial charge in [0.25, 0.3) is 0 Å². The summed E-state index contributed by atoms with van der Waals surface area (Å²) < 4.78 is 0. The van der Waals surface area contributed by atoms with Gasteiger partial charge in [0.2, 0.25) is 0 Å². The van der Waals surface area contributed by atoms with Crippen LogP contribution in [0.5, 0.6) is 0 Å². The van der Waals surface area contributed by atoms with Gasteiger partial charge in [-0.3, -0.25) is 0 Å². The fraction of sp³-hybridized carbons (Fsp3) is 0.625. The SMILES string of the molecule is O=C(O)C1=CCCC(CS)C1. The summed E-state index contributed by atoms with van der Waals surface area (Å²) in [7, 11) is 0. The second kappa shape index (κ2) is 3.81. The smallest absolute Gasteiger partial charge is 0.331 e. The predicted molar refractivity (Wildman–Crippen MR) is 46.9 cm³/mol. The van der Waals surface area contributed by atoms with Crippen LogP contribution >= 0.6 is 12.6 Å². The second-order valence-electron chi connectivity index (χ2n) is 2.86. The third kappa shape index (κ3) is 2.26. The lowest BCUT2D eigenvalue weighted by atomic mass is 9.90. The minimum absolute atomic E-state index is 0.467. The van der Waals surface area contributed by atoms with Crippen LogP contribution in [-0.2, 0) is 4.79 Å². The van der Waals surface area contributed by atoms with Crippen LogP contribution in [0.1, 0.15) is 19.3 Å². The van der Waals surface area contributed by atoms with Crippen molar-refractivity contribution in [2.24, 2.45) is 5.92 Å². The highest BCUT2D eigenvalue weighted by atomic mass is 32.1. The maximum atomic E-state index is 10.5. The average Bonchev–Trinajstić information content (AvgIpc) is 2.05. The zero-order valence-corrected chi connectivity index (χ0v) is 7.18. The lowest BCUT2D eigenvalue weighted by Gasteiger charge is -2.18. The molecule has 1 rings (SSSR count). The van der Waals surface area contributed by atoms with Crippen molar-refractivity contribution in [3.63, 3.8) is 0 Å². The van der Waals surface area contributed by atoms with Gasteiger partial charge in [-0.1, -0.05) is 6.08 Å². The first-order chi connectivity index (χ1) is 5.24. The van der Waals surface area contributed by atoms with E-state index >= 15 is 0 Å². The van der Waals surface area contributed by atoms with Crippen molar-refractivity contribution in [1.29, 1.82) is 0 Å². The molecule has 0 saturated heterocycles. The molecule has 0 spiro atoms. The summed E-state index contributed by atoms with van der Waals surface area (Å²) in [5.41, 5.74) is 0.565. The number of carboxylic acid groups (broad SMARTS) is 1. The van der Waals surface area contributed by atoms with Gasteiger partial charge in [0.15, 0.2) is 0 Å². The minimum Gasteiger partial charge on any atom is -0.478 e. The molecule has 0 bridgehead atoms. The Morgan fingerprint density at radius 1 is 1.82 bits per heavy atom. The maximum Gasteiger partial charge on any atom is 0.331 e. The van der Waals surface area contributed by atoms with Gasteiger partial charge in [-0.15, -0.1) is 0 Å². The van der Waals surface area contributed by atoms with Gasteiger partial charge in [-0.25, -0.2) is 4.79 Å². The molecule has 0 fully saturated rings. The van der Waals surface area contributed by atoms with Crippen molar-refractivity contribution in [3.05, 3.63) is 11.6 Å². The van der Waals surface area contributed by atoms with Crippen molar-refractivity contribution in [2.45, 2.75) is 19.3 Å². The summed E-state index contributed by atoms with van der Waals surface area (Å²) in [5, 5.41) is 8.66. The van der Waals surface area contributed by atoms with Crippen LogP contribution < -0.4 is 0 Å². The Kier molecular flexibility index (Phi) is 3.00. The molecule has 1 aliphatic carbocycles. The second-order valence-corrected chi connectivity index (χ2v) is 3.23. The molecule has 0 heterocycles. The van der Waals surface area contributed by atoms with E-state index < -0.39 is 5.97 Å². The molecule has 62 valence electrons. The Labute approximate surface area is 71.7 Å². The van der Waals surface area contributed by atoms with Crippen LogP contribution in [0.2, 0.25) is 0 Å². The number of rotatable bonds is 2. The fourth-order valence-corrected chi connectivity index (χ4v) is 1.63. The summed E-state index contributed by atoms with van der Waals surface area (Å²) in [4.78, 5) is 10.5. The number of carbonyl (C=O) groups is 1. The lowest BCUT2D eigenvalue weighted by Crippen LogP contribution is -2.13. The van der Waals surface area contributed by atoms with E-state index in [2.05, 4.69) is 12.6 Å². The molecule has 1 aliphatic rings. The topological polar surface area (TPSA) is 37.3 Å². The summed E-state index contributed by atoms with van der Waals surface area (Å²) in [6, 6.07) is 0. The van der Waals surface area contributed by atoms with E-state index in [1.807, 2.05) is 6.08 Å². The highest BCUT2D eigenvalue weighted by Gasteiger charge is 2.17. The van der Waals surface area contributed by atoms with E-state index in [-0.39, 0.29) is 0 Å². The molecule has 0 saturated carbocycles. The summed E-state index contributed by atoms with van der Waals surface area (Å²) in [5.74, 6) is 0.496. The third-order valence-corrected chi connectivity index (χ3v) is 2.52. The van der Waals surface area contributed by atoms with E-state index in [4.69, 9.17) is 5.11 Å². The van der Waals surface area contributed by atoms with E-state index in [0.717, 1.165) is 18.6 Å². The highest BCUT2D eigenvalue weighted by Crippen LogP contribution is 2.24. The van der Waals surface area contributed by atoms with Gasteiger partial charge < -0.3 is 5.11 Å². The normalized spacial score (nSPS) is 24.5. The van der Waals surface area contributed by atoms with Gasteiger partial charge in [-0.05, 0) is 30.9 Å². The number of hydrogen-bond acceptors (Lipinski definition) is 2. The summed E-state index contributed by atoms with van der Waals surface area (Å²) >= 11 is 4.15. The van der Waals surface area contributed by atoms with Crippen LogP contribution in [0.3, 0.4) is 0 Å². The predicted octanol–water partition coefficient (Wildman–Crippen LogP) is 1.73. The summed E-state index contributed by atoms with van der Waals surface area (Å²) in [6.07, 6.45) is 4.49. The molecule has 1 N–H and O–H groups in total. The Bertz CT molecular complexity index is 187. The van der Waals surface area contributed by atoms with Crippen molar-refractivity contribution >= 4 is 18.6 Å². The average molecular weight is 172 g/mol. The lowest BCUT2D eigenvalue weighted by molar-refractivity contribution is -0.133. The minimum atomic E-state index is -0.767. The summed E-state index contributed by atoms with van der Waals surface area (Å²) in [6.45, 7) is 0. The first-order valence-corrected chi connectivity index (χ1v) is 4.40. The largest absolute Gasteiger partial charge is 0.478 e. The fourth-order valence-electron chi connectivity index (χ4n) is 1.32. The third-order valence-electron chi connectivity index (χ3n) is 2.01. The van der Waals surface area contributed by atoms with Gasteiger partial charge in [-0.2, -0.15) is 12.6 Å². The van der Waals surface area contributed by atoms with E-state index in [9.17, 15) is 4.79 Å². The molecular weight excluding hydrogens is 160 g/mol. The van der Waals surface area contributed by atoms with Crippen molar-refractivity contribution in [2.75, 3.05) is 5.75 Å². The molecule has 1 atom stereocenters. The molecule has 2 nitrogen and oxygen atoms in total. The van der Waals surface area contributed by atoms with Crippen molar-refractivity contribution < 1.29 is 9.90 Å². The zero-order valence-electron chi connectivity index (χ0n) is 6.29. The maximum absolute atomic E-state index is 10.5. The highest BCUT2D eigenvalue weighted by molar-refractivity contribution is 7.80. The van der Waals surface area contributed by atoms with Gasteiger partial charge in [0.1, 0.15) is 0 Å². The Hall–Kier alpha value is -0.440. The molecule has 0 aromatic rings. The van der Waals surface area contributed by atoms with Gasteiger partial charge in [0, 0.05) is 5.57 Å². The number of allylic oxidation sites excluding steroid dienone is 1. The number of thiol groups is 1. The number of carboxylic acids is 1. The van der Waals surface area contributed by atoms with Gasteiger partial charge >= 0.3 is 5.97 Å². The molecular formula is C8H12O2S. The first-order valence-electron chi connectivity index (χ1n) is 3.77. The quantitative estimate of drug-likeness (QED) is 0.622. The molecule has 0 radical (unpaired) electrons. The van der Waals surface area contributed by atoms with Crippen LogP contribution in [0.4, 0.5) is 0 Å². The van der Waals surface area contributed by atoms with Crippen molar-refractivity contribution in [3.8, 4) is 0 Å². The molecule has 0 amide bonds. The monoisotopic (exact) mass is 172 g/mol. The van der Waals surface area contributed by atoms with Crippen LogP contribution in [0.15, 0.2) is 11.6 Å². The first kappa shape index (κ1) is 8.65.